The van der Waals surface area contributed by atoms with Crippen molar-refractivity contribution in [3.63, 3.8) is 0 Å². The molecule has 4 amide bonds. The predicted molar refractivity (Wildman–Crippen MR) is 443 cm³/mol. The van der Waals surface area contributed by atoms with E-state index in [1.807, 2.05) is 0 Å². The van der Waals surface area contributed by atoms with Gasteiger partial charge in [-0.25, -0.2) is 14.4 Å². The zero-order valence-corrected chi connectivity index (χ0v) is 73.4. The minimum Gasteiger partial charge on any atom is -0.477 e. The van der Waals surface area contributed by atoms with Crippen molar-refractivity contribution in [2.75, 3.05) is 39.6 Å². The van der Waals surface area contributed by atoms with E-state index in [1.165, 1.54) is 89.5 Å². The van der Waals surface area contributed by atoms with E-state index in [2.05, 4.69) is 47.3 Å². The van der Waals surface area contributed by atoms with E-state index in [1.54, 1.807) is 6.08 Å². The smallest absolute Gasteiger partial charge is 0.364 e. The second-order valence-electron chi connectivity index (χ2n) is 33.9. The van der Waals surface area contributed by atoms with Crippen LogP contribution in [0.4, 0.5) is 0 Å². The molecule has 3 unspecified atom stereocenters. The summed E-state index contributed by atoms with van der Waals surface area (Å²) in [6, 6.07) is -7.03. The van der Waals surface area contributed by atoms with Crippen LogP contribution >= 0.6 is 0 Å². The standard InChI is InChI=1S/C85H148N4O37/c1-6-8-10-12-14-16-18-20-21-22-23-24-25-27-29-31-33-35-37-39-62(103)89-52(53(98)38-36-34-32-30-28-26-19-17-15-13-11-9-7-2)48-117-78-71(109)70(108)73(61(47-94)119-78)120-79-72(110)77(67(105)58(44-91)118-79)126-85(82(115)116)42-56(101)65(88-51(5)97)76(125-85)69(107)60(46-93)122-84(81(113)114)41-55(100)64(87-50(4)96)75(124-84)68(106)59(45-92)121-83(80(111)112)40-54(99)63(86-49(3)95)74(123-83)66(104)57(102)43-90/h20-21,36,38,52-61,63-79,90-94,98-102,104-110H,6-19,22-35,37,39-48H2,1-5H3,(H,86,95)(H,87,96)(H,88,97)(H,89,103)(H,111,112)(H,113,114)(H,115,116)/t52-,53+,54-,55-,56-,57+,58+,59+,60+,61+,63+,64+,65+,66+,67-,68+,69+,70+,71+,72+,73+,74?,75?,76?,77-,78+,79-,83+,84+,85-/m0/s1. The number of carboxylic acid groups (broad SMARTS) is 3. The zero-order chi connectivity index (χ0) is 93.4. The Hall–Kier alpha value is -5.31. The first-order valence-corrected chi connectivity index (χ1v) is 45.0. The van der Waals surface area contributed by atoms with Gasteiger partial charge in [0, 0.05) is 46.5 Å². The van der Waals surface area contributed by atoms with Crippen molar-refractivity contribution < 1.29 is 183 Å². The van der Waals surface area contributed by atoms with Gasteiger partial charge in [-0.05, 0) is 44.9 Å². The number of ether oxygens (including phenoxy) is 10. The van der Waals surface area contributed by atoms with Gasteiger partial charge in [0.2, 0.25) is 23.6 Å². The SMILES string of the molecule is CCCCCCCCC=CCCCCCCCCCCCC(=O)N[C@@H](CO[C@@H]1O[C@H](CO)[C@@H](O[C@@H]2O[C@H](CO)[C@H](O)[C@H](O[C@]3(C(=O)O)C[C@H](O)[C@@H](NC(C)=O)C([C@H](O)[C@@H](CO)O[C@]4(C(=O)O)C[C@H](O)[C@@H](NC(C)=O)C([C@H](O)[C@@H](CO)O[C@]5(C(=O)O)C[C@H](O)[C@@H](NC(C)=O)C([C@H](O)[C@H](O)CO)O5)O4)O3)[C@H]2O)[C@H](O)[C@H]1O)[C@H](O)C=CCCCCCCCCCCCCC. The lowest BCUT2D eigenvalue weighted by atomic mass is 9.86. The van der Waals surface area contributed by atoms with Crippen LogP contribution in [0, 0.1) is 0 Å². The second-order valence-corrected chi connectivity index (χ2v) is 33.9. The Morgan fingerprint density at radius 1 is 0.429 bits per heavy atom. The molecule has 41 nitrogen and oxygen atoms in total. The number of aliphatic hydroxyl groups is 17. The van der Waals surface area contributed by atoms with Gasteiger partial charge in [0.05, 0.1) is 88.2 Å². The summed E-state index contributed by atoms with van der Waals surface area (Å²) in [5, 5.41) is 235. The molecule has 5 saturated heterocycles. The van der Waals surface area contributed by atoms with Gasteiger partial charge in [-0.1, -0.05) is 179 Å². The molecule has 126 heavy (non-hydrogen) atoms. The third-order valence-corrected chi connectivity index (χ3v) is 23.6. The lowest BCUT2D eigenvalue weighted by Crippen LogP contribution is -2.72. The molecule has 5 heterocycles. The molecule has 5 aliphatic heterocycles. The summed E-state index contributed by atoms with van der Waals surface area (Å²) in [6.45, 7) is -0.0790. The van der Waals surface area contributed by atoms with E-state index < -0.39 is 283 Å². The van der Waals surface area contributed by atoms with Gasteiger partial charge in [0.25, 0.3) is 17.4 Å². The normalized spacial score (nSPS) is 32.2. The van der Waals surface area contributed by atoms with Crippen LogP contribution in [-0.4, -0.2) is 366 Å². The summed E-state index contributed by atoms with van der Waals surface area (Å²) in [5.74, 6) is -20.6. The number of carbonyl (C=O) groups excluding carboxylic acids is 4. The Kier molecular flexibility index (Phi) is 50.5. The number of carbonyl (C=O) groups is 7. The molecule has 5 rings (SSSR count). The van der Waals surface area contributed by atoms with Gasteiger partial charge in [0.15, 0.2) is 12.6 Å². The molecule has 5 fully saturated rings. The Labute approximate surface area is 735 Å². The highest BCUT2D eigenvalue weighted by atomic mass is 16.8. The molecular formula is C85H148N4O37. The summed E-state index contributed by atoms with van der Waals surface area (Å²) >= 11 is 0. The van der Waals surface area contributed by atoms with Crippen molar-refractivity contribution in [1.29, 1.82) is 0 Å². The fourth-order valence-electron chi connectivity index (χ4n) is 16.5. The largest absolute Gasteiger partial charge is 0.477 e. The van der Waals surface area contributed by atoms with Gasteiger partial charge >= 0.3 is 17.9 Å². The molecule has 0 aromatic heterocycles. The van der Waals surface area contributed by atoms with Gasteiger partial charge in [-0.2, -0.15) is 0 Å². The van der Waals surface area contributed by atoms with E-state index in [0.717, 1.165) is 111 Å². The minimum atomic E-state index is -3.58. The molecule has 0 aromatic carbocycles. The lowest BCUT2D eigenvalue weighted by Gasteiger charge is -2.51. The average Bonchev–Trinajstić information content (AvgIpc) is 0.749. The first kappa shape index (κ1) is 111. The molecule has 0 aromatic rings. The summed E-state index contributed by atoms with van der Waals surface area (Å²) < 4.78 is 58.2. The van der Waals surface area contributed by atoms with Crippen LogP contribution in [0.3, 0.4) is 0 Å². The van der Waals surface area contributed by atoms with Crippen LogP contribution in [0.5, 0.6) is 0 Å². The molecular weight excluding hydrogens is 1670 g/mol. The number of allylic oxidation sites excluding steroid dienone is 3. The third-order valence-electron chi connectivity index (χ3n) is 23.6. The maximum atomic E-state index is 13.8. The number of aliphatic carboxylic acids is 3. The molecule has 0 radical (unpaired) electrons. The summed E-state index contributed by atoms with van der Waals surface area (Å²) in [4.78, 5) is 92.2. The van der Waals surface area contributed by atoms with Gasteiger partial charge in [0.1, 0.15) is 104 Å². The van der Waals surface area contributed by atoms with E-state index in [9.17, 15) is 136 Å². The van der Waals surface area contributed by atoms with Crippen LogP contribution < -0.4 is 21.3 Å². The first-order valence-electron chi connectivity index (χ1n) is 45.0. The highest BCUT2D eigenvalue weighted by molar-refractivity contribution is 5.79. The molecule has 0 saturated carbocycles. The molecule has 0 bridgehead atoms. The first-order chi connectivity index (χ1) is 60.0. The van der Waals surface area contributed by atoms with Crippen LogP contribution in [0.15, 0.2) is 24.3 Å². The quantitative estimate of drug-likeness (QED) is 0.0252. The number of amides is 4. The van der Waals surface area contributed by atoms with Crippen LogP contribution in [-0.2, 0) is 80.9 Å². The summed E-state index contributed by atoms with van der Waals surface area (Å²) in [7, 11) is 0. The minimum absolute atomic E-state index is 0.117. The predicted octanol–water partition coefficient (Wildman–Crippen LogP) is -1.15. The lowest BCUT2D eigenvalue weighted by molar-refractivity contribution is -0.388. The maximum Gasteiger partial charge on any atom is 0.364 e. The van der Waals surface area contributed by atoms with Crippen molar-refractivity contribution in [1.82, 2.24) is 21.3 Å². The van der Waals surface area contributed by atoms with Crippen LogP contribution in [0.2, 0.25) is 0 Å². The van der Waals surface area contributed by atoms with Crippen molar-refractivity contribution in [2.45, 2.75) is 429 Å². The Morgan fingerprint density at radius 3 is 1.19 bits per heavy atom. The molecule has 730 valence electrons. The molecule has 41 heteroatoms. The average molecular weight is 1820 g/mol. The van der Waals surface area contributed by atoms with Gasteiger partial charge in [-0.3, -0.25) is 19.2 Å². The van der Waals surface area contributed by atoms with E-state index >= 15 is 0 Å². The van der Waals surface area contributed by atoms with Crippen molar-refractivity contribution >= 4 is 41.5 Å². The van der Waals surface area contributed by atoms with E-state index in [-0.39, 0.29) is 6.42 Å². The topological polar surface area (TPSA) is 665 Å². The number of rotatable bonds is 62. The van der Waals surface area contributed by atoms with Crippen molar-refractivity contribution in [3.05, 3.63) is 24.3 Å². The number of aliphatic hydroxyl groups excluding tert-OH is 17. The number of hydrogen-bond acceptors (Lipinski definition) is 34. The number of unbranched alkanes of at least 4 members (excludes halogenated alkanes) is 26. The third kappa shape index (κ3) is 33.8. The highest BCUT2D eigenvalue weighted by Crippen LogP contribution is 2.43. The molecule has 0 spiro atoms. The Morgan fingerprint density at radius 2 is 0.802 bits per heavy atom. The Balaban J connectivity index is 1.33. The molecule has 24 N–H and O–H groups in total. The number of nitrogens with one attached hydrogen (secondary N) is 4. The molecule has 5 aliphatic rings. The molecule has 30 atom stereocenters. The fourth-order valence-corrected chi connectivity index (χ4v) is 16.5. The van der Waals surface area contributed by atoms with Crippen molar-refractivity contribution in [2.24, 2.45) is 0 Å². The summed E-state index contributed by atoms with van der Waals surface area (Å²) in [6.07, 6.45) is -15.9. The zero-order valence-electron chi connectivity index (χ0n) is 73.4. The monoisotopic (exact) mass is 1820 g/mol. The van der Waals surface area contributed by atoms with E-state index in [4.69, 9.17) is 47.4 Å². The van der Waals surface area contributed by atoms with Crippen molar-refractivity contribution in [3.8, 4) is 0 Å². The number of carboxylic acids is 3. The van der Waals surface area contributed by atoms with Crippen LogP contribution in [0.25, 0.3) is 0 Å². The van der Waals surface area contributed by atoms with Gasteiger partial charge < -0.3 is 171 Å². The Bertz CT molecular complexity index is 3230. The summed E-state index contributed by atoms with van der Waals surface area (Å²) in [5.41, 5.74) is 0. The van der Waals surface area contributed by atoms with E-state index in [0.29, 0.717) is 12.8 Å². The highest BCUT2D eigenvalue weighted by Gasteiger charge is 2.64. The van der Waals surface area contributed by atoms with Gasteiger partial charge in [-0.15, -0.1) is 0 Å². The maximum absolute atomic E-state index is 13.8. The van der Waals surface area contributed by atoms with Crippen LogP contribution in [0.1, 0.15) is 247 Å². The number of hydrogen-bond donors (Lipinski definition) is 24. The molecule has 0 aliphatic carbocycles. The second kappa shape index (κ2) is 57.2. The fraction of sp³-hybridized carbons (Fsp3) is 0.871.